The molecule has 5 heteroatoms. The number of carbonyl (C=O) groups is 1. The minimum atomic E-state index is 0.126. The first-order chi connectivity index (χ1) is 12.3. The van der Waals surface area contributed by atoms with Crippen LogP contribution in [0.15, 0.2) is 47.3 Å². The number of rotatable bonds is 6. The molecule has 5 nitrogen and oxygen atoms in total. The Morgan fingerprint density at radius 3 is 3.16 bits per heavy atom. The van der Waals surface area contributed by atoms with Crippen LogP contribution in [0.4, 0.5) is 0 Å². The van der Waals surface area contributed by atoms with Crippen LogP contribution in [-0.4, -0.2) is 35.5 Å². The van der Waals surface area contributed by atoms with E-state index in [9.17, 15) is 4.79 Å². The van der Waals surface area contributed by atoms with Gasteiger partial charge in [0.1, 0.15) is 5.76 Å². The normalized spacial score (nSPS) is 25.3. The van der Waals surface area contributed by atoms with Crippen LogP contribution in [0.25, 0.3) is 0 Å². The van der Waals surface area contributed by atoms with Crippen molar-refractivity contribution in [2.24, 2.45) is 11.3 Å². The van der Waals surface area contributed by atoms with Crippen molar-refractivity contribution in [3.8, 4) is 0 Å². The number of fused-ring (bicyclic) bond motifs is 1. The highest BCUT2D eigenvalue weighted by atomic mass is 16.5. The second-order valence-electron chi connectivity index (χ2n) is 7.34. The van der Waals surface area contributed by atoms with Crippen molar-refractivity contribution in [2.45, 2.75) is 32.3 Å². The molecule has 0 N–H and O–H groups in total. The van der Waals surface area contributed by atoms with Gasteiger partial charge in [-0.15, -0.1) is 0 Å². The summed E-state index contributed by atoms with van der Waals surface area (Å²) in [5, 5.41) is 0. The Hall–Kier alpha value is -2.14. The van der Waals surface area contributed by atoms with E-state index in [1.54, 1.807) is 12.5 Å². The predicted molar refractivity (Wildman–Crippen MR) is 92.7 cm³/mol. The molecule has 0 spiro atoms. The van der Waals surface area contributed by atoms with E-state index < -0.39 is 0 Å². The fraction of sp³-hybridized carbons (Fsp3) is 0.500. The van der Waals surface area contributed by atoms with E-state index in [4.69, 9.17) is 9.15 Å². The molecule has 1 saturated heterocycles. The third kappa shape index (κ3) is 3.47. The Balaban J connectivity index is 1.36. The Bertz CT molecular complexity index is 701. The molecule has 4 rings (SSSR count). The van der Waals surface area contributed by atoms with Crippen LogP contribution >= 0.6 is 0 Å². The van der Waals surface area contributed by atoms with Gasteiger partial charge in [0, 0.05) is 30.9 Å². The number of pyridine rings is 1. The molecular weight excluding hydrogens is 316 g/mol. The number of carbonyl (C=O) groups excluding carboxylic acids is 1. The van der Waals surface area contributed by atoms with E-state index in [0.29, 0.717) is 18.9 Å². The van der Waals surface area contributed by atoms with Crippen molar-refractivity contribution in [3.05, 3.63) is 54.2 Å². The summed E-state index contributed by atoms with van der Waals surface area (Å²) in [7, 11) is 0. The van der Waals surface area contributed by atoms with Crippen LogP contribution < -0.4 is 0 Å². The fourth-order valence-electron chi connectivity index (χ4n) is 4.37. The smallest absolute Gasteiger partial charge is 0.230 e. The number of hydrogen-bond donors (Lipinski definition) is 0. The topological polar surface area (TPSA) is 55.6 Å². The van der Waals surface area contributed by atoms with Crippen LogP contribution in [0.1, 0.15) is 30.6 Å². The Labute approximate surface area is 148 Å². The minimum absolute atomic E-state index is 0.126. The number of likely N-dealkylation sites (tertiary alicyclic amines) is 1. The van der Waals surface area contributed by atoms with Crippen molar-refractivity contribution < 1.29 is 13.9 Å². The molecule has 0 unspecified atom stereocenters. The van der Waals surface area contributed by atoms with Crippen LogP contribution in [-0.2, 0) is 22.6 Å². The van der Waals surface area contributed by atoms with E-state index >= 15 is 0 Å². The second-order valence-corrected chi connectivity index (χ2v) is 7.34. The van der Waals surface area contributed by atoms with E-state index in [1.807, 2.05) is 35.4 Å². The van der Waals surface area contributed by atoms with Gasteiger partial charge in [-0.1, -0.05) is 12.5 Å². The van der Waals surface area contributed by atoms with Gasteiger partial charge in [0.2, 0.25) is 5.91 Å². The number of ether oxygens (including phenoxy) is 1. The molecule has 2 aromatic rings. The summed E-state index contributed by atoms with van der Waals surface area (Å²) >= 11 is 0. The van der Waals surface area contributed by atoms with Gasteiger partial charge < -0.3 is 14.1 Å². The molecule has 3 heterocycles. The Morgan fingerprint density at radius 2 is 2.36 bits per heavy atom. The lowest BCUT2D eigenvalue weighted by Gasteiger charge is -2.28. The molecule has 1 saturated carbocycles. The summed E-state index contributed by atoms with van der Waals surface area (Å²) in [5.41, 5.74) is 1.22. The van der Waals surface area contributed by atoms with E-state index in [2.05, 4.69) is 4.98 Å². The zero-order chi connectivity index (χ0) is 17.1. The molecule has 25 heavy (non-hydrogen) atoms. The molecule has 1 amide bonds. The van der Waals surface area contributed by atoms with Gasteiger partial charge in [0.25, 0.3) is 0 Å². The summed E-state index contributed by atoms with van der Waals surface area (Å²) < 4.78 is 11.4. The standard InChI is InChI=1S/C20H24N2O3/c23-19(10-18-6-3-9-25-18)22-12-17-5-1-7-20(17,14-22)15-24-13-16-4-2-8-21-11-16/h2-4,6,8-9,11,17H,1,5,7,10,12-15H2/t17-,20+/m1/s1. The molecule has 1 aliphatic carbocycles. The highest BCUT2D eigenvalue weighted by Gasteiger charge is 2.50. The van der Waals surface area contributed by atoms with Crippen LogP contribution in [0, 0.1) is 11.3 Å². The summed E-state index contributed by atoms with van der Waals surface area (Å²) in [5.74, 6) is 1.46. The van der Waals surface area contributed by atoms with Crippen LogP contribution in [0.3, 0.4) is 0 Å². The number of nitrogens with zero attached hydrogens (tertiary/aromatic N) is 2. The molecule has 2 aliphatic rings. The maximum absolute atomic E-state index is 12.6. The molecule has 0 radical (unpaired) electrons. The Kier molecular flexibility index (Phi) is 4.57. The number of amides is 1. The highest BCUT2D eigenvalue weighted by Crippen LogP contribution is 2.49. The van der Waals surface area contributed by atoms with E-state index in [-0.39, 0.29) is 11.3 Å². The number of aromatic nitrogens is 1. The van der Waals surface area contributed by atoms with Crippen molar-refractivity contribution in [3.63, 3.8) is 0 Å². The summed E-state index contributed by atoms with van der Waals surface area (Å²) in [4.78, 5) is 18.7. The highest BCUT2D eigenvalue weighted by molar-refractivity contribution is 5.78. The number of furan rings is 1. The molecule has 1 aliphatic heterocycles. The van der Waals surface area contributed by atoms with E-state index in [1.165, 1.54) is 12.8 Å². The van der Waals surface area contributed by atoms with Crippen molar-refractivity contribution in [1.29, 1.82) is 0 Å². The van der Waals surface area contributed by atoms with Crippen molar-refractivity contribution in [1.82, 2.24) is 9.88 Å². The first kappa shape index (κ1) is 16.3. The summed E-state index contributed by atoms with van der Waals surface area (Å²) in [6, 6.07) is 7.65. The average molecular weight is 340 g/mol. The quantitative estimate of drug-likeness (QED) is 0.811. The molecule has 2 aromatic heterocycles. The monoisotopic (exact) mass is 340 g/mol. The van der Waals surface area contributed by atoms with Gasteiger partial charge in [0.15, 0.2) is 0 Å². The lowest BCUT2D eigenvalue weighted by molar-refractivity contribution is -0.130. The first-order valence-corrected chi connectivity index (χ1v) is 9.02. The van der Waals surface area contributed by atoms with Crippen LogP contribution in [0.5, 0.6) is 0 Å². The third-order valence-corrected chi connectivity index (χ3v) is 5.68. The molecule has 2 fully saturated rings. The minimum Gasteiger partial charge on any atom is -0.469 e. The van der Waals surface area contributed by atoms with Crippen molar-refractivity contribution in [2.75, 3.05) is 19.7 Å². The van der Waals surface area contributed by atoms with Gasteiger partial charge in [-0.25, -0.2) is 0 Å². The maximum Gasteiger partial charge on any atom is 0.230 e. The van der Waals surface area contributed by atoms with E-state index in [0.717, 1.165) is 37.4 Å². The summed E-state index contributed by atoms with van der Waals surface area (Å²) in [6.45, 7) is 2.97. The van der Waals surface area contributed by atoms with Gasteiger partial charge in [-0.2, -0.15) is 0 Å². The van der Waals surface area contributed by atoms with Gasteiger partial charge in [-0.3, -0.25) is 9.78 Å². The second kappa shape index (κ2) is 7.00. The molecule has 2 atom stereocenters. The first-order valence-electron chi connectivity index (χ1n) is 9.02. The SMILES string of the molecule is O=C(Cc1ccco1)N1C[C@H]2CCC[C@@]2(COCc2cccnc2)C1. The predicted octanol–water partition coefficient (Wildman–Crippen LogP) is 3.06. The van der Waals surface area contributed by atoms with Gasteiger partial charge >= 0.3 is 0 Å². The van der Waals surface area contributed by atoms with Gasteiger partial charge in [0.05, 0.1) is 25.9 Å². The molecule has 0 aromatic carbocycles. The average Bonchev–Trinajstić information content (AvgIpc) is 3.31. The fourth-order valence-corrected chi connectivity index (χ4v) is 4.37. The maximum atomic E-state index is 12.6. The lowest BCUT2D eigenvalue weighted by Crippen LogP contribution is -2.35. The largest absolute Gasteiger partial charge is 0.469 e. The molecule has 132 valence electrons. The molecule has 0 bridgehead atoms. The third-order valence-electron chi connectivity index (χ3n) is 5.68. The lowest BCUT2D eigenvalue weighted by atomic mass is 9.81. The zero-order valence-corrected chi connectivity index (χ0v) is 14.4. The number of hydrogen-bond acceptors (Lipinski definition) is 4. The zero-order valence-electron chi connectivity index (χ0n) is 14.4. The molecular formula is C20H24N2O3. The van der Waals surface area contributed by atoms with Gasteiger partial charge in [-0.05, 0) is 42.5 Å². The van der Waals surface area contributed by atoms with Crippen LogP contribution in [0.2, 0.25) is 0 Å². The van der Waals surface area contributed by atoms with Crippen molar-refractivity contribution >= 4 is 5.91 Å². The summed E-state index contributed by atoms with van der Waals surface area (Å²) in [6.07, 6.45) is 9.17. The Morgan fingerprint density at radius 1 is 1.40 bits per heavy atom.